The highest BCUT2D eigenvalue weighted by molar-refractivity contribution is 6.30. The molecule has 0 aliphatic carbocycles. The number of rotatable bonds is 8. The summed E-state index contributed by atoms with van der Waals surface area (Å²) < 4.78 is 10.5. The van der Waals surface area contributed by atoms with Crippen LogP contribution in [0, 0.1) is 5.92 Å². The zero-order valence-corrected chi connectivity index (χ0v) is 18.1. The van der Waals surface area contributed by atoms with Gasteiger partial charge < -0.3 is 14.8 Å². The van der Waals surface area contributed by atoms with Crippen molar-refractivity contribution in [3.8, 4) is 5.75 Å². The molecule has 2 aromatic rings. The number of carbonyl (C=O) groups is 4. The summed E-state index contributed by atoms with van der Waals surface area (Å²) in [6.45, 7) is 1.69. The van der Waals surface area contributed by atoms with Crippen LogP contribution in [0.3, 0.4) is 0 Å². The summed E-state index contributed by atoms with van der Waals surface area (Å²) in [5.41, 5.74) is 3.24. The van der Waals surface area contributed by atoms with Crippen molar-refractivity contribution < 1.29 is 28.7 Å². The Morgan fingerprint density at radius 2 is 1.84 bits per heavy atom. The first-order valence-corrected chi connectivity index (χ1v) is 10.3. The molecule has 9 nitrogen and oxygen atoms in total. The number of ether oxygens (including phenoxy) is 2. The van der Waals surface area contributed by atoms with Gasteiger partial charge in [-0.3, -0.25) is 29.6 Å². The van der Waals surface area contributed by atoms with Gasteiger partial charge in [-0.05, 0) is 43.3 Å². The fraction of sp³-hybridized carbons (Fsp3) is 0.273. The van der Waals surface area contributed by atoms with E-state index in [1.807, 2.05) is 6.92 Å². The molecule has 10 heteroatoms. The molecule has 0 aromatic heterocycles. The van der Waals surface area contributed by atoms with Crippen LogP contribution < -0.4 is 15.5 Å². The third-order valence-electron chi connectivity index (χ3n) is 4.61. The average molecular weight is 460 g/mol. The Bertz CT molecular complexity index is 1010. The van der Waals surface area contributed by atoms with E-state index in [1.165, 1.54) is 12.1 Å². The number of hydrogen-bond donors (Lipinski definition) is 2. The second kappa shape index (κ2) is 10.6. The van der Waals surface area contributed by atoms with Crippen molar-refractivity contribution in [1.29, 1.82) is 0 Å². The maximum atomic E-state index is 12.3. The fourth-order valence-corrected chi connectivity index (χ4v) is 3.18. The molecule has 1 saturated heterocycles. The molecule has 1 heterocycles. The predicted molar refractivity (Wildman–Crippen MR) is 116 cm³/mol. The molecule has 2 N–H and O–H groups in total. The Morgan fingerprint density at radius 3 is 2.56 bits per heavy atom. The van der Waals surface area contributed by atoms with Gasteiger partial charge in [-0.25, -0.2) is 0 Å². The first kappa shape index (κ1) is 23.1. The number of para-hydroxylation sites is 2. The van der Waals surface area contributed by atoms with Crippen molar-refractivity contribution in [1.82, 2.24) is 10.4 Å². The van der Waals surface area contributed by atoms with Gasteiger partial charge in [-0.2, -0.15) is 0 Å². The van der Waals surface area contributed by atoms with Crippen LogP contribution in [0.1, 0.15) is 23.7 Å². The third kappa shape index (κ3) is 5.98. The number of esters is 1. The SMILES string of the molecule is CCOc1ccccc1NC(=O)COC(=O)[C@H]1CC(=O)N(NC(=O)c2ccc(Cl)cc2)C1. The quantitative estimate of drug-likeness (QED) is 0.586. The number of hydrogen-bond acceptors (Lipinski definition) is 6. The number of nitrogens with zero attached hydrogens (tertiary/aromatic N) is 1. The van der Waals surface area contributed by atoms with Gasteiger partial charge in [-0.1, -0.05) is 23.7 Å². The normalized spacial score (nSPS) is 15.2. The first-order chi connectivity index (χ1) is 15.4. The van der Waals surface area contributed by atoms with Gasteiger partial charge in [-0.15, -0.1) is 0 Å². The lowest BCUT2D eigenvalue weighted by atomic mass is 10.1. The molecular weight excluding hydrogens is 438 g/mol. The van der Waals surface area contributed by atoms with Crippen molar-refractivity contribution in [3.05, 3.63) is 59.1 Å². The summed E-state index contributed by atoms with van der Waals surface area (Å²) in [7, 11) is 0. The van der Waals surface area contributed by atoms with Crippen LogP contribution in [-0.4, -0.2) is 48.5 Å². The predicted octanol–water partition coefficient (Wildman–Crippen LogP) is 2.41. The molecule has 3 rings (SSSR count). The van der Waals surface area contributed by atoms with Crippen LogP contribution in [0.25, 0.3) is 0 Å². The maximum Gasteiger partial charge on any atom is 0.311 e. The van der Waals surface area contributed by atoms with Crippen LogP contribution in [0.5, 0.6) is 5.75 Å². The van der Waals surface area contributed by atoms with Crippen molar-refractivity contribution in [3.63, 3.8) is 0 Å². The van der Waals surface area contributed by atoms with E-state index in [-0.39, 0.29) is 13.0 Å². The molecule has 0 bridgehead atoms. The highest BCUT2D eigenvalue weighted by atomic mass is 35.5. The number of benzene rings is 2. The van der Waals surface area contributed by atoms with Crippen LogP contribution >= 0.6 is 11.6 Å². The second-order valence-corrected chi connectivity index (χ2v) is 7.37. The summed E-state index contributed by atoms with van der Waals surface area (Å²) in [6, 6.07) is 13.0. The summed E-state index contributed by atoms with van der Waals surface area (Å²) in [5.74, 6) is -2.46. The zero-order valence-electron chi connectivity index (χ0n) is 17.3. The fourth-order valence-electron chi connectivity index (χ4n) is 3.05. The van der Waals surface area contributed by atoms with Gasteiger partial charge in [0.05, 0.1) is 24.8 Å². The van der Waals surface area contributed by atoms with E-state index in [4.69, 9.17) is 21.1 Å². The average Bonchev–Trinajstić information content (AvgIpc) is 3.14. The minimum Gasteiger partial charge on any atom is -0.492 e. The zero-order chi connectivity index (χ0) is 23.1. The van der Waals surface area contributed by atoms with Crippen LogP contribution in [-0.2, 0) is 19.1 Å². The van der Waals surface area contributed by atoms with Crippen molar-refractivity contribution >= 4 is 41.0 Å². The van der Waals surface area contributed by atoms with E-state index in [0.29, 0.717) is 28.6 Å². The Kier molecular flexibility index (Phi) is 7.67. The highest BCUT2D eigenvalue weighted by Crippen LogP contribution is 2.23. The number of nitrogens with one attached hydrogen (secondary N) is 2. The molecule has 168 valence electrons. The van der Waals surface area contributed by atoms with Crippen LogP contribution in [0.2, 0.25) is 5.02 Å². The number of amides is 3. The molecule has 3 amide bonds. The second-order valence-electron chi connectivity index (χ2n) is 6.94. The van der Waals surface area contributed by atoms with E-state index in [1.54, 1.807) is 36.4 Å². The summed E-state index contributed by atoms with van der Waals surface area (Å²) in [6.07, 6.45) is -0.130. The van der Waals surface area contributed by atoms with E-state index in [9.17, 15) is 19.2 Å². The number of anilines is 1. The molecule has 0 saturated carbocycles. The minimum atomic E-state index is -0.795. The molecule has 1 fully saturated rings. The smallest absolute Gasteiger partial charge is 0.311 e. The van der Waals surface area contributed by atoms with Gasteiger partial charge in [0.1, 0.15) is 5.75 Å². The third-order valence-corrected chi connectivity index (χ3v) is 4.86. The topological polar surface area (TPSA) is 114 Å². The van der Waals surface area contributed by atoms with Gasteiger partial charge in [0, 0.05) is 17.0 Å². The molecule has 2 aromatic carbocycles. The van der Waals surface area contributed by atoms with E-state index >= 15 is 0 Å². The van der Waals surface area contributed by atoms with Gasteiger partial charge >= 0.3 is 5.97 Å². The molecular formula is C22H22ClN3O6. The van der Waals surface area contributed by atoms with E-state index in [2.05, 4.69) is 10.7 Å². The number of carbonyl (C=O) groups excluding carboxylic acids is 4. The molecule has 1 aliphatic heterocycles. The van der Waals surface area contributed by atoms with E-state index < -0.39 is 36.2 Å². The maximum absolute atomic E-state index is 12.3. The monoisotopic (exact) mass is 459 g/mol. The Labute approximate surface area is 189 Å². The number of hydrazine groups is 1. The highest BCUT2D eigenvalue weighted by Gasteiger charge is 2.36. The molecule has 0 spiro atoms. The van der Waals surface area contributed by atoms with E-state index in [0.717, 1.165) is 5.01 Å². The van der Waals surface area contributed by atoms with Crippen LogP contribution in [0.4, 0.5) is 5.69 Å². The molecule has 1 aliphatic rings. The van der Waals surface area contributed by atoms with Gasteiger partial charge in [0.25, 0.3) is 11.8 Å². The summed E-state index contributed by atoms with van der Waals surface area (Å²) >= 11 is 5.80. The van der Waals surface area contributed by atoms with Crippen molar-refractivity contribution in [2.45, 2.75) is 13.3 Å². The standard InChI is InChI=1S/C22H22ClN3O6/c1-2-31-18-6-4-3-5-17(18)24-19(27)13-32-22(30)15-11-20(28)26(12-15)25-21(29)14-7-9-16(23)10-8-14/h3-10,15H,2,11-13H2,1H3,(H,24,27)(H,25,29)/t15-/m0/s1. The lowest BCUT2D eigenvalue weighted by Gasteiger charge is -2.17. The summed E-state index contributed by atoms with van der Waals surface area (Å²) in [5, 5.41) is 4.17. The minimum absolute atomic E-state index is 0.0498. The molecule has 0 radical (unpaired) electrons. The largest absolute Gasteiger partial charge is 0.492 e. The van der Waals surface area contributed by atoms with Gasteiger partial charge in [0.15, 0.2) is 6.61 Å². The Morgan fingerprint density at radius 1 is 1.12 bits per heavy atom. The van der Waals surface area contributed by atoms with Crippen molar-refractivity contribution in [2.75, 3.05) is 25.1 Å². The van der Waals surface area contributed by atoms with Gasteiger partial charge in [0.2, 0.25) is 5.91 Å². The molecule has 1 atom stereocenters. The number of halogens is 1. The van der Waals surface area contributed by atoms with Crippen LogP contribution in [0.15, 0.2) is 48.5 Å². The summed E-state index contributed by atoms with van der Waals surface area (Å²) in [4.78, 5) is 48.9. The molecule has 0 unspecified atom stereocenters. The lowest BCUT2D eigenvalue weighted by molar-refractivity contribution is -0.151. The first-order valence-electron chi connectivity index (χ1n) is 9.92. The molecule has 32 heavy (non-hydrogen) atoms. The van der Waals surface area contributed by atoms with Crippen molar-refractivity contribution in [2.24, 2.45) is 5.92 Å². The lowest BCUT2D eigenvalue weighted by Crippen LogP contribution is -2.43. The Balaban J connectivity index is 1.48. The Hall–Kier alpha value is -3.59.